The predicted molar refractivity (Wildman–Crippen MR) is 90.9 cm³/mol. The summed E-state index contributed by atoms with van der Waals surface area (Å²) in [5.41, 5.74) is 1.71. The standard InChI is InChI=1S/C17H21N5O/c1-20(2)15-7-4-3-6-14(15)17(23)22-12-10-21(11-13-22)16-8-5-9-18-19-16/h3-9H,10-13H2,1-2H3. The molecule has 1 aromatic heterocycles. The molecule has 0 radical (unpaired) electrons. The van der Waals surface area contributed by atoms with Crippen molar-refractivity contribution in [1.29, 1.82) is 0 Å². The van der Waals surface area contributed by atoms with Gasteiger partial charge in [-0.1, -0.05) is 12.1 Å². The summed E-state index contributed by atoms with van der Waals surface area (Å²) < 4.78 is 0. The highest BCUT2D eigenvalue weighted by Crippen LogP contribution is 2.21. The zero-order valence-corrected chi connectivity index (χ0v) is 13.5. The van der Waals surface area contributed by atoms with E-state index in [-0.39, 0.29) is 5.91 Å². The SMILES string of the molecule is CN(C)c1ccccc1C(=O)N1CCN(c2cccnn2)CC1. The molecule has 1 aliphatic heterocycles. The summed E-state index contributed by atoms with van der Waals surface area (Å²) in [5, 5.41) is 8.05. The number of aromatic nitrogens is 2. The fourth-order valence-electron chi connectivity index (χ4n) is 2.82. The Labute approximate surface area is 136 Å². The lowest BCUT2D eigenvalue weighted by Gasteiger charge is -2.35. The zero-order chi connectivity index (χ0) is 16.2. The van der Waals surface area contributed by atoms with Crippen molar-refractivity contribution in [2.75, 3.05) is 50.1 Å². The van der Waals surface area contributed by atoms with Gasteiger partial charge in [0.1, 0.15) is 0 Å². The number of anilines is 2. The van der Waals surface area contributed by atoms with Crippen LogP contribution in [0.3, 0.4) is 0 Å². The lowest BCUT2D eigenvalue weighted by molar-refractivity contribution is 0.0747. The number of carbonyl (C=O) groups is 1. The number of piperazine rings is 1. The van der Waals surface area contributed by atoms with Gasteiger partial charge in [0.05, 0.1) is 5.56 Å². The third-order valence-electron chi connectivity index (χ3n) is 4.07. The smallest absolute Gasteiger partial charge is 0.256 e. The van der Waals surface area contributed by atoms with E-state index in [1.54, 1.807) is 6.20 Å². The number of hydrogen-bond acceptors (Lipinski definition) is 5. The van der Waals surface area contributed by atoms with E-state index in [4.69, 9.17) is 0 Å². The van der Waals surface area contributed by atoms with Crippen LogP contribution in [0.15, 0.2) is 42.6 Å². The molecule has 120 valence electrons. The molecule has 2 heterocycles. The Kier molecular flexibility index (Phi) is 4.41. The molecule has 0 N–H and O–H groups in total. The minimum Gasteiger partial charge on any atom is -0.377 e. The summed E-state index contributed by atoms with van der Waals surface area (Å²) in [6.45, 7) is 2.93. The minimum atomic E-state index is 0.0908. The fourth-order valence-corrected chi connectivity index (χ4v) is 2.82. The number of benzene rings is 1. The van der Waals surface area contributed by atoms with E-state index in [2.05, 4.69) is 15.1 Å². The van der Waals surface area contributed by atoms with E-state index in [1.165, 1.54) is 0 Å². The van der Waals surface area contributed by atoms with Crippen molar-refractivity contribution in [1.82, 2.24) is 15.1 Å². The Balaban J connectivity index is 1.69. The van der Waals surface area contributed by atoms with Gasteiger partial charge in [-0.3, -0.25) is 4.79 Å². The van der Waals surface area contributed by atoms with Gasteiger partial charge < -0.3 is 14.7 Å². The highest BCUT2D eigenvalue weighted by atomic mass is 16.2. The third kappa shape index (κ3) is 3.26. The molecule has 2 aromatic rings. The highest BCUT2D eigenvalue weighted by Gasteiger charge is 2.24. The van der Waals surface area contributed by atoms with Crippen LogP contribution < -0.4 is 9.80 Å². The maximum Gasteiger partial charge on any atom is 0.256 e. The van der Waals surface area contributed by atoms with Gasteiger partial charge in [-0.05, 0) is 24.3 Å². The molecule has 1 aliphatic rings. The van der Waals surface area contributed by atoms with Gasteiger partial charge in [-0.25, -0.2) is 0 Å². The van der Waals surface area contributed by atoms with Gasteiger partial charge in [0.25, 0.3) is 5.91 Å². The molecule has 3 rings (SSSR count). The van der Waals surface area contributed by atoms with Crippen molar-refractivity contribution in [3.05, 3.63) is 48.2 Å². The molecule has 23 heavy (non-hydrogen) atoms. The van der Waals surface area contributed by atoms with Gasteiger partial charge in [0, 0.05) is 52.2 Å². The maximum atomic E-state index is 12.8. The number of rotatable bonds is 3. The van der Waals surface area contributed by atoms with Crippen molar-refractivity contribution in [2.24, 2.45) is 0 Å². The molecule has 0 spiro atoms. The quantitative estimate of drug-likeness (QED) is 0.860. The minimum absolute atomic E-state index is 0.0908. The van der Waals surface area contributed by atoms with E-state index < -0.39 is 0 Å². The Morgan fingerprint density at radius 3 is 2.43 bits per heavy atom. The summed E-state index contributed by atoms with van der Waals surface area (Å²) in [6.07, 6.45) is 1.67. The lowest BCUT2D eigenvalue weighted by Crippen LogP contribution is -2.49. The van der Waals surface area contributed by atoms with Crippen LogP contribution in [0.5, 0.6) is 0 Å². The Bertz CT molecular complexity index is 666. The topological polar surface area (TPSA) is 52.6 Å². The first-order valence-electron chi connectivity index (χ1n) is 7.75. The fraction of sp³-hybridized carbons (Fsp3) is 0.353. The monoisotopic (exact) mass is 311 g/mol. The number of nitrogens with zero attached hydrogens (tertiary/aromatic N) is 5. The highest BCUT2D eigenvalue weighted by molar-refractivity contribution is 5.99. The molecule has 0 saturated carbocycles. The lowest BCUT2D eigenvalue weighted by atomic mass is 10.1. The predicted octanol–water partition coefficient (Wildman–Crippen LogP) is 1.50. The Morgan fingerprint density at radius 1 is 1.04 bits per heavy atom. The van der Waals surface area contributed by atoms with Crippen LogP contribution >= 0.6 is 0 Å². The average Bonchev–Trinajstić information content (AvgIpc) is 2.62. The molecule has 0 aliphatic carbocycles. The number of hydrogen-bond donors (Lipinski definition) is 0. The largest absolute Gasteiger partial charge is 0.377 e. The number of carbonyl (C=O) groups excluding carboxylic acids is 1. The van der Waals surface area contributed by atoms with Crippen molar-refractivity contribution in [3.8, 4) is 0 Å². The van der Waals surface area contributed by atoms with Crippen molar-refractivity contribution < 1.29 is 4.79 Å². The molecule has 1 fully saturated rings. The summed E-state index contributed by atoms with van der Waals surface area (Å²) in [5.74, 6) is 0.960. The van der Waals surface area contributed by atoms with Crippen LogP contribution in [-0.4, -0.2) is 61.3 Å². The molecule has 1 amide bonds. The summed E-state index contributed by atoms with van der Waals surface area (Å²) in [4.78, 5) is 18.9. The summed E-state index contributed by atoms with van der Waals surface area (Å²) in [7, 11) is 3.91. The van der Waals surface area contributed by atoms with E-state index in [9.17, 15) is 4.79 Å². The molecular weight excluding hydrogens is 290 g/mol. The molecule has 6 nitrogen and oxygen atoms in total. The van der Waals surface area contributed by atoms with Crippen LogP contribution in [0.4, 0.5) is 11.5 Å². The van der Waals surface area contributed by atoms with E-state index >= 15 is 0 Å². The molecular formula is C17H21N5O. The summed E-state index contributed by atoms with van der Waals surface area (Å²) >= 11 is 0. The van der Waals surface area contributed by atoms with Crippen LogP contribution in [0.1, 0.15) is 10.4 Å². The summed E-state index contributed by atoms with van der Waals surface area (Å²) in [6, 6.07) is 11.6. The second-order valence-corrected chi connectivity index (χ2v) is 5.77. The van der Waals surface area contributed by atoms with Crippen molar-refractivity contribution in [3.63, 3.8) is 0 Å². The van der Waals surface area contributed by atoms with E-state index in [1.807, 2.05) is 60.3 Å². The van der Waals surface area contributed by atoms with E-state index in [0.717, 1.165) is 30.2 Å². The van der Waals surface area contributed by atoms with Crippen molar-refractivity contribution in [2.45, 2.75) is 0 Å². The molecule has 0 unspecified atom stereocenters. The molecule has 0 atom stereocenters. The van der Waals surface area contributed by atoms with Gasteiger partial charge in [-0.2, -0.15) is 5.10 Å². The normalized spacial score (nSPS) is 14.7. The first kappa shape index (κ1) is 15.3. The first-order chi connectivity index (χ1) is 11.2. The third-order valence-corrected chi connectivity index (χ3v) is 4.07. The second kappa shape index (κ2) is 6.64. The first-order valence-corrected chi connectivity index (χ1v) is 7.75. The number of para-hydroxylation sites is 1. The Morgan fingerprint density at radius 2 is 1.78 bits per heavy atom. The van der Waals surface area contributed by atoms with Crippen molar-refractivity contribution >= 4 is 17.4 Å². The number of amides is 1. The molecule has 1 aromatic carbocycles. The van der Waals surface area contributed by atoms with Crippen LogP contribution in [0.2, 0.25) is 0 Å². The average molecular weight is 311 g/mol. The van der Waals surface area contributed by atoms with Gasteiger partial charge in [-0.15, -0.1) is 5.10 Å². The molecule has 6 heteroatoms. The Hall–Kier alpha value is -2.63. The zero-order valence-electron chi connectivity index (χ0n) is 13.5. The van der Waals surface area contributed by atoms with Crippen LogP contribution in [0.25, 0.3) is 0 Å². The molecule has 1 saturated heterocycles. The second-order valence-electron chi connectivity index (χ2n) is 5.77. The maximum absolute atomic E-state index is 12.8. The molecule has 0 bridgehead atoms. The van der Waals surface area contributed by atoms with Crippen LogP contribution in [-0.2, 0) is 0 Å². The van der Waals surface area contributed by atoms with Crippen LogP contribution in [0, 0.1) is 0 Å². The van der Waals surface area contributed by atoms with Gasteiger partial charge >= 0.3 is 0 Å². The van der Waals surface area contributed by atoms with Gasteiger partial charge in [0.2, 0.25) is 0 Å². The van der Waals surface area contributed by atoms with E-state index in [0.29, 0.717) is 13.1 Å². The van der Waals surface area contributed by atoms with Gasteiger partial charge in [0.15, 0.2) is 5.82 Å².